The molecule has 0 spiro atoms. The molecule has 0 aliphatic heterocycles. The Morgan fingerprint density at radius 3 is 2.64 bits per heavy atom. The number of amides is 2. The van der Waals surface area contributed by atoms with Crippen molar-refractivity contribution in [2.24, 2.45) is 5.92 Å². The number of hydrogen-bond donors (Lipinski definition) is 3. The molecule has 1 heterocycles. The standard InChI is InChI=1S/C19H21FN6O2/c20-13-5-7-14(8-6-13)26-18(22)15(10-21)16(25-26)2-1-9-23-17(27)11-24-19(28)12-3-4-12/h5-8,12H,1-4,9,11,22H2,(H,23,27)(H,24,28). The highest BCUT2D eigenvalue weighted by molar-refractivity contribution is 5.86. The van der Waals surface area contributed by atoms with Gasteiger partial charge in [0.1, 0.15) is 23.3 Å². The van der Waals surface area contributed by atoms with Crippen molar-refractivity contribution in [2.45, 2.75) is 25.7 Å². The highest BCUT2D eigenvalue weighted by atomic mass is 19.1. The molecule has 9 heteroatoms. The van der Waals surface area contributed by atoms with Crippen LogP contribution in [0.15, 0.2) is 24.3 Å². The minimum absolute atomic E-state index is 0.0368. The van der Waals surface area contributed by atoms with E-state index in [0.29, 0.717) is 30.8 Å². The monoisotopic (exact) mass is 384 g/mol. The van der Waals surface area contributed by atoms with E-state index in [1.807, 2.05) is 6.07 Å². The first kappa shape index (κ1) is 19.4. The number of rotatable bonds is 8. The molecule has 1 aromatic heterocycles. The molecule has 2 amide bonds. The van der Waals surface area contributed by atoms with E-state index in [9.17, 15) is 19.2 Å². The molecule has 1 fully saturated rings. The second-order valence-electron chi connectivity index (χ2n) is 6.65. The fourth-order valence-electron chi connectivity index (χ4n) is 2.76. The molecule has 1 aliphatic rings. The van der Waals surface area contributed by atoms with Crippen LogP contribution in [0.4, 0.5) is 10.2 Å². The second-order valence-corrected chi connectivity index (χ2v) is 6.65. The summed E-state index contributed by atoms with van der Waals surface area (Å²) < 4.78 is 14.5. The normalized spacial score (nSPS) is 13.0. The zero-order valence-corrected chi connectivity index (χ0v) is 15.2. The Morgan fingerprint density at radius 2 is 2.00 bits per heavy atom. The molecule has 4 N–H and O–H groups in total. The maximum Gasteiger partial charge on any atom is 0.239 e. The van der Waals surface area contributed by atoms with Crippen LogP contribution in [0.3, 0.4) is 0 Å². The number of halogens is 1. The third-order valence-corrected chi connectivity index (χ3v) is 4.46. The molecule has 0 unspecified atom stereocenters. The molecule has 0 atom stereocenters. The van der Waals surface area contributed by atoms with Gasteiger partial charge in [0, 0.05) is 12.5 Å². The Morgan fingerprint density at radius 1 is 1.29 bits per heavy atom. The Bertz CT molecular complexity index is 912. The maximum absolute atomic E-state index is 13.1. The van der Waals surface area contributed by atoms with Crippen molar-refractivity contribution in [1.82, 2.24) is 20.4 Å². The number of anilines is 1. The van der Waals surface area contributed by atoms with Gasteiger partial charge in [-0.3, -0.25) is 9.59 Å². The molecule has 0 saturated heterocycles. The van der Waals surface area contributed by atoms with Gasteiger partial charge in [-0.1, -0.05) is 0 Å². The zero-order chi connectivity index (χ0) is 20.1. The van der Waals surface area contributed by atoms with Gasteiger partial charge in [0.25, 0.3) is 0 Å². The predicted molar refractivity (Wildman–Crippen MR) is 99.7 cm³/mol. The Hall–Kier alpha value is -3.41. The maximum atomic E-state index is 13.1. The third-order valence-electron chi connectivity index (χ3n) is 4.46. The van der Waals surface area contributed by atoms with Crippen LogP contribution in [-0.4, -0.2) is 34.7 Å². The number of nitriles is 1. The number of carbonyl (C=O) groups is 2. The molecular formula is C19H21FN6O2. The molecule has 28 heavy (non-hydrogen) atoms. The first-order valence-corrected chi connectivity index (χ1v) is 9.07. The van der Waals surface area contributed by atoms with Crippen LogP contribution in [0.2, 0.25) is 0 Å². The summed E-state index contributed by atoms with van der Waals surface area (Å²) in [7, 11) is 0. The lowest BCUT2D eigenvalue weighted by Crippen LogP contribution is -2.37. The molecule has 0 bridgehead atoms. The van der Waals surface area contributed by atoms with Crippen molar-refractivity contribution >= 4 is 17.6 Å². The zero-order valence-electron chi connectivity index (χ0n) is 15.2. The van der Waals surface area contributed by atoms with Crippen LogP contribution >= 0.6 is 0 Å². The lowest BCUT2D eigenvalue weighted by molar-refractivity contribution is -0.126. The summed E-state index contributed by atoms with van der Waals surface area (Å²) in [5, 5.41) is 19.0. The quantitative estimate of drug-likeness (QED) is 0.586. The topological polar surface area (TPSA) is 126 Å². The molecular weight excluding hydrogens is 363 g/mol. The molecule has 2 aromatic rings. The average molecular weight is 384 g/mol. The van der Waals surface area contributed by atoms with E-state index in [1.165, 1.54) is 28.9 Å². The molecule has 1 aliphatic carbocycles. The number of nitrogens with zero attached hydrogens (tertiary/aromatic N) is 3. The van der Waals surface area contributed by atoms with Gasteiger partial charge in [-0.2, -0.15) is 10.4 Å². The fourth-order valence-corrected chi connectivity index (χ4v) is 2.76. The third kappa shape index (κ3) is 4.65. The Balaban J connectivity index is 1.52. The highest BCUT2D eigenvalue weighted by Gasteiger charge is 2.29. The van der Waals surface area contributed by atoms with Crippen LogP contribution in [-0.2, 0) is 16.0 Å². The largest absolute Gasteiger partial charge is 0.382 e. The number of nitrogen functional groups attached to an aromatic ring is 1. The lowest BCUT2D eigenvalue weighted by Gasteiger charge is -2.06. The Kier molecular flexibility index (Phi) is 5.89. The summed E-state index contributed by atoms with van der Waals surface area (Å²) in [6.07, 6.45) is 2.78. The van der Waals surface area contributed by atoms with Gasteiger partial charge in [0.05, 0.1) is 17.9 Å². The molecule has 1 saturated carbocycles. The molecule has 146 valence electrons. The highest BCUT2D eigenvalue weighted by Crippen LogP contribution is 2.28. The summed E-state index contributed by atoms with van der Waals surface area (Å²) in [6.45, 7) is 0.344. The number of benzene rings is 1. The van der Waals surface area contributed by atoms with Gasteiger partial charge in [-0.15, -0.1) is 0 Å². The second kappa shape index (κ2) is 8.52. The van der Waals surface area contributed by atoms with E-state index in [-0.39, 0.29) is 41.5 Å². The molecule has 1 aromatic carbocycles. The smallest absolute Gasteiger partial charge is 0.239 e. The van der Waals surface area contributed by atoms with Gasteiger partial charge in [0.2, 0.25) is 11.8 Å². The Labute approximate surface area is 161 Å². The van der Waals surface area contributed by atoms with Crippen LogP contribution in [0.5, 0.6) is 0 Å². The number of hydrogen-bond acceptors (Lipinski definition) is 5. The van der Waals surface area contributed by atoms with E-state index in [1.54, 1.807) is 0 Å². The fraction of sp³-hybridized carbons (Fsp3) is 0.368. The van der Waals surface area contributed by atoms with Gasteiger partial charge >= 0.3 is 0 Å². The number of aromatic nitrogens is 2. The van der Waals surface area contributed by atoms with E-state index >= 15 is 0 Å². The van der Waals surface area contributed by atoms with E-state index in [0.717, 1.165) is 12.8 Å². The number of nitrogens with two attached hydrogens (primary N) is 1. The average Bonchev–Trinajstić information content (AvgIpc) is 3.49. The van der Waals surface area contributed by atoms with Crippen LogP contribution in [0, 0.1) is 23.1 Å². The van der Waals surface area contributed by atoms with Gasteiger partial charge in [-0.25, -0.2) is 9.07 Å². The van der Waals surface area contributed by atoms with E-state index in [4.69, 9.17) is 5.73 Å². The van der Waals surface area contributed by atoms with Crippen molar-refractivity contribution in [1.29, 1.82) is 5.26 Å². The summed E-state index contributed by atoms with van der Waals surface area (Å²) >= 11 is 0. The molecule has 0 radical (unpaired) electrons. The van der Waals surface area contributed by atoms with E-state index < -0.39 is 0 Å². The minimum atomic E-state index is -0.376. The first-order chi connectivity index (χ1) is 13.5. The summed E-state index contributed by atoms with van der Waals surface area (Å²) in [5.41, 5.74) is 7.35. The minimum Gasteiger partial charge on any atom is -0.382 e. The summed E-state index contributed by atoms with van der Waals surface area (Å²) in [5.74, 6) is -0.449. The van der Waals surface area contributed by atoms with Crippen molar-refractivity contribution in [2.75, 3.05) is 18.8 Å². The SMILES string of the molecule is N#Cc1c(CCCNC(=O)CNC(=O)C2CC2)nn(-c2ccc(F)cc2)c1N. The van der Waals surface area contributed by atoms with Gasteiger partial charge < -0.3 is 16.4 Å². The van der Waals surface area contributed by atoms with Crippen molar-refractivity contribution in [3.63, 3.8) is 0 Å². The summed E-state index contributed by atoms with van der Waals surface area (Å²) in [6, 6.07) is 7.68. The van der Waals surface area contributed by atoms with Crippen molar-refractivity contribution in [3.8, 4) is 11.8 Å². The van der Waals surface area contributed by atoms with Crippen LogP contribution < -0.4 is 16.4 Å². The van der Waals surface area contributed by atoms with Crippen LogP contribution in [0.25, 0.3) is 5.69 Å². The van der Waals surface area contributed by atoms with Crippen LogP contribution in [0.1, 0.15) is 30.5 Å². The number of nitrogens with one attached hydrogen (secondary N) is 2. The van der Waals surface area contributed by atoms with Crippen molar-refractivity contribution < 1.29 is 14.0 Å². The van der Waals surface area contributed by atoms with Crippen molar-refractivity contribution in [3.05, 3.63) is 41.3 Å². The molecule has 8 nitrogen and oxygen atoms in total. The van der Waals surface area contributed by atoms with Gasteiger partial charge in [-0.05, 0) is 49.9 Å². The van der Waals surface area contributed by atoms with E-state index in [2.05, 4.69) is 15.7 Å². The molecule has 3 rings (SSSR count). The first-order valence-electron chi connectivity index (χ1n) is 9.07. The predicted octanol–water partition coefficient (Wildman–Crippen LogP) is 1.04. The number of carbonyl (C=O) groups excluding carboxylic acids is 2. The lowest BCUT2D eigenvalue weighted by atomic mass is 10.1. The number of aryl methyl sites for hydroxylation is 1. The summed E-state index contributed by atoms with van der Waals surface area (Å²) in [4.78, 5) is 23.2. The van der Waals surface area contributed by atoms with Gasteiger partial charge in [0.15, 0.2) is 0 Å².